The van der Waals surface area contributed by atoms with E-state index in [0.29, 0.717) is 21.2 Å². The zero-order chi connectivity index (χ0) is 29.8. The summed E-state index contributed by atoms with van der Waals surface area (Å²) in [6.45, 7) is 12.5. The molecular weight excluding hydrogens is 594 g/mol. The summed E-state index contributed by atoms with van der Waals surface area (Å²) in [6.07, 6.45) is 1.47. The normalized spacial score (nSPS) is 14.5. The number of imide groups is 1. The van der Waals surface area contributed by atoms with Crippen LogP contribution in [-0.2, 0) is 20.8 Å². The molecular formula is C29H36BrN5O6. The molecule has 0 aliphatic carbocycles. The first kappa shape index (κ1) is 30.6. The summed E-state index contributed by atoms with van der Waals surface area (Å²) in [5, 5.41) is 7.79. The third-order valence-corrected chi connectivity index (χ3v) is 6.28. The van der Waals surface area contributed by atoms with Gasteiger partial charge in [-0.1, -0.05) is 29.4 Å². The van der Waals surface area contributed by atoms with Crippen LogP contribution in [0.15, 0.2) is 45.7 Å². The van der Waals surface area contributed by atoms with Gasteiger partial charge in [-0.15, -0.1) is 0 Å². The van der Waals surface area contributed by atoms with Gasteiger partial charge >= 0.3 is 12.2 Å². The standard InChI is InChI=1S/C29H36BrN5O6/c1-28(2,3)39-26(36)35(27(37)40-29(4,5)6)25-24(33-23(30)17-32-25)22-15-21(34-41-22)19-9-7-18(8-10-19)16-31-20-11-13-38-14-12-20/h7-10,15,17,20,31H,11-14,16H2,1-6H3. The molecule has 0 spiro atoms. The lowest BCUT2D eigenvalue weighted by Crippen LogP contribution is -2.44. The molecule has 0 saturated carbocycles. The fourth-order valence-corrected chi connectivity index (χ4v) is 4.31. The lowest BCUT2D eigenvalue weighted by atomic mass is 10.1. The van der Waals surface area contributed by atoms with Gasteiger partial charge in [-0.05, 0) is 75.9 Å². The summed E-state index contributed by atoms with van der Waals surface area (Å²) in [7, 11) is 0. The Bertz CT molecular complexity index is 1330. The maximum absolute atomic E-state index is 13.2. The van der Waals surface area contributed by atoms with Crippen molar-refractivity contribution in [2.24, 2.45) is 0 Å². The second-order valence-electron chi connectivity index (χ2n) is 11.7. The molecule has 11 nitrogen and oxygen atoms in total. The van der Waals surface area contributed by atoms with Gasteiger partial charge in [0.15, 0.2) is 17.3 Å². The van der Waals surface area contributed by atoms with Gasteiger partial charge in [-0.3, -0.25) is 0 Å². The lowest BCUT2D eigenvalue weighted by molar-refractivity contribution is 0.0429. The number of aromatic nitrogens is 3. The monoisotopic (exact) mass is 629 g/mol. The van der Waals surface area contributed by atoms with Gasteiger partial charge in [-0.2, -0.15) is 4.90 Å². The fraction of sp³-hybridized carbons (Fsp3) is 0.483. The number of benzene rings is 1. The van der Waals surface area contributed by atoms with Crippen LogP contribution in [0.25, 0.3) is 22.7 Å². The number of carbonyl (C=O) groups is 2. The number of hydrogen-bond acceptors (Lipinski definition) is 10. The highest BCUT2D eigenvalue weighted by molar-refractivity contribution is 9.10. The molecule has 3 heterocycles. The van der Waals surface area contributed by atoms with Crippen LogP contribution in [0, 0.1) is 0 Å². The van der Waals surface area contributed by atoms with Gasteiger partial charge in [0.25, 0.3) is 0 Å². The number of nitrogens with one attached hydrogen (secondary N) is 1. The van der Waals surface area contributed by atoms with E-state index in [0.717, 1.165) is 43.7 Å². The van der Waals surface area contributed by atoms with Crippen molar-refractivity contribution in [1.82, 2.24) is 20.4 Å². The van der Waals surface area contributed by atoms with E-state index >= 15 is 0 Å². The zero-order valence-electron chi connectivity index (χ0n) is 24.2. The zero-order valence-corrected chi connectivity index (χ0v) is 25.8. The van der Waals surface area contributed by atoms with Gasteiger partial charge in [0.2, 0.25) is 0 Å². The van der Waals surface area contributed by atoms with Crippen LogP contribution < -0.4 is 10.2 Å². The molecule has 3 aromatic rings. The maximum atomic E-state index is 13.2. The van der Waals surface area contributed by atoms with Crippen molar-refractivity contribution in [1.29, 1.82) is 0 Å². The third kappa shape index (κ3) is 8.57. The van der Waals surface area contributed by atoms with Gasteiger partial charge in [0, 0.05) is 37.4 Å². The average molecular weight is 631 g/mol. The predicted molar refractivity (Wildman–Crippen MR) is 156 cm³/mol. The Hall–Kier alpha value is -3.35. The third-order valence-electron chi connectivity index (χ3n) is 5.90. The van der Waals surface area contributed by atoms with Crippen molar-refractivity contribution in [2.45, 2.75) is 78.2 Å². The summed E-state index contributed by atoms with van der Waals surface area (Å²) in [5.74, 6) is 0.0834. The van der Waals surface area contributed by atoms with Crippen LogP contribution in [0.3, 0.4) is 0 Å². The second-order valence-corrected chi connectivity index (χ2v) is 12.5. The highest BCUT2D eigenvalue weighted by atomic mass is 79.9. The molecule has 1 saturated heterocycles. The molecule has 2 amide bonds. The topological polar surface area (TPSA) is 129 Å². The number of ether oxygens (including phenoxy) is 3. The summed E-state index contributed by atoms with van der Waals surface area (Å²) in [6, 6.07) is 10.1. The highest BCUT2D eigenvalue weighted by Gasteiger charge is 2.36. The molecule has 1 N–H and O–H groups in total. The Kier molecular flexibility index (Phi) is 9.45. The molecule has 0 radical (unpaired) electrons. The van der Waals surface area contributed by atoms with Crippen molar-refractivity contribution in [3.8, 4) is 22.7 Å². The minimum absolute atomic E-state index is 0.104. The molecule has 1 aliphatic heterocycles. The predicted octanol–water partition coefficient (Wildman–Crippen LogP) is 6.51. The maximum Gasteiger partial charge on any atom is 0.425 e. The van der Waals surface area contributed by atoms with Gasteiger partial charge in [0.05, 0.1) is 6.20 Å². The summed E-state index contributed by atoms with van der Waals surface area (Å²) in [4.78, 5) is 36.0. The largest absolute Gasteiger partial charge is 0.443 e. The smallest absolute Gasteiger partial charge is 0.425 e. The molecule has 12 heteroatoms. The van der Waals surface area contributed by atoms with Crippen LogP contribution in [0.4, 0.5) is 15.4 Å². The SMILES string of the molecule is CC(C)(C)OC(=O)N(C(=O)OC(C)(C)C)c1ncc(Br)nc1-c1cc(-c2ccc(CNC3CCOCC3)cc2)no1. The van der Waals surface area contributed by atoms with Crippen molar-refractivity contribution in [2.75, 3.05) is 18.1 Å². The lowest BCUT2D eigenvalue weighted by Gasteiger charge is -2.28. The van der Waals surface area contributed by atoms with E-state index in [2.05, 4.69) is 36.4 Å². The van der Waals surface area contributed by atoms with Crippen LogP contribution in [0.2, 0.25) is 0 Å². The van der Waals surface area contributed by atoms with Crippen molar-refractivity contribution in [3.05, 3.63) is 46.7 Å². The first-order valence-corrected chi connectivity index (χ1v) is 14.2. The van der Waals surface area contributed by atoms with E-state index in [4.69, 9.17) is 18.7 Å². The van der Waals surface area contributed by atoms with Crippen LogP contribution in [0.5, 0.6) is 0 Å². The second kappa shape index (κ2) is 12.7. The van der Waals surface area contributed by atoms with E-state index in [1.807, 2.05) is 24.3 Å². The van der Waals surface area contributed by atoms with Gasteiger partial charge < -0.3 is 24.1 Å². The number of halogens is 1. The van der Waals surface area contributed by atoms with Gasteiger partial charge in [-0.25, -0.2) is 19.6 Å². The molecule has 1 aromatic carbocycles. The summed E-state index contributed by atoms with van der Waals surface area (Å²) in [5.41, 5.74) is 0.869. The number of anilines is 1. The van der Waals surface area contributed by atoms with E-state index in [1.54, 1.807) is 47.6 Å². The Morgan fingerprint density at radius 1 is 1.02 bits per heavy atom. The molecule has 0 unspecified atom stereocenters. The van der Waals surface area contributed by atoms with E-state index in [9.17, 15) is 9.59 Å². The molecule has 0 bridgehead atoms. The summed E-state index contributed by atoms with van der Waals surface area (Å²) >= 11 is 3.32. The molecule has 1 aliphatic rings. The Balaban J connectivity index is 1.61. The fourth-order valence-electron chi connectivity index (χ4n) is 4.03. The first-order valence-electron chi connectivity index (χ1n) is 13.5. The molecule has 0 atom stereocenters. The van der Waals surface area contributed by atoms with E-state index in [-0.39, 0.29) is 17.3 Å². The molecule has 220 valence electrons. The minimum Gasteiger partial charge on any atom is -0.443 e. The summed E-state index contributed by atoms with van der Waals surface area (Å²) < 4.78 is 22.4. The number of nitrogens with zero attached hydrogens (tertiary/aromatic N) is 4. The van der Waals surface area contributed by atoms with E-state index in [1.165, 1.54) is 6.20 Å². The number of carbonyl (C=O) groups excluding carboxylic acids is 2. The van der Waals surface area contributed by atoms with Crippen LogP contribution >= 0.6 is 15.9 Å². The van der Waals surface area contributed by atoms with Crippen LogP contribution in [0.1, 0.15) is 59.9 Å². The Morgan fingerprint density at radius 2 is 1.63 bits per heavy atom. The quantitative estimate of drug-likeness (QED) is 0.322. The molecule has 2 aromatic heterocycles. The highest BCUT2D eigenvalue weighted by Crippen LogP contribution is 2.33. The number of amides is 2. The molecule has 4 rings (SSSR count). The Labute approximate surface area is 248 Å². The van der Waals surface area contributed by atoms with Crippen molar-refractivity contribution >= 4 is 33.9 Å². The number of rotatable bonds is 6. The van der Waals surface area contributed by atoms with Crippen molar-refractivity contribution in [3.63, 3.8) is 0 Å². The van der Waals surface area contributed by atoms with Gasteiger partial charge in [0.1, 0.15) is 21.5 Å². The molecule has 41 heavy (non-hydrogen) atoms. The van der Waals surface area contributed by atoms with E-state index < -0.39 is 23.4 Å². The molecule has 1 fully saturated rings. The minimum atomic E-state index is -0.964. The first-order chi connectivity index (χ1) is 19.3. The Morgan fingerprint density at radius 3 is 2.22 bits per heavy atom. The van der Waals surface area contributed by atoms with Crippen molar-refractivity contribution < 1.29 is 28.3 Å². The van der Waals surface area contributed by atoms with Crippen LogP contribution in [-0.4, -0.2) is 57.8 Å². The average Bonchev–Trinajstić information content (AvgIpc) is 3.37. The number of hydrogen-bond donors (Lipinski definition) is 1.